The Bertz CT molecular complexity index is 2410. The van der Waals surface area contributed by atoms with Crippen LogP contribution in [0.15, 0.2) is 170 Å². The summed E-state index contributed by atoms with van der Waals surface area (Å²) in [5, 5.41) is 5.07. The summed E-state index contributed by atoms with van der Waals surface area (Å²) in [4.78, 5) is 0. The van der Waals surface area contributed by atoms with Crippen molar-refractivity contribution in [3.63, 3.8) is 0 Å². The SMILES string of the molecule is c1ccc(-c2ccc3c(c2)c2cc(-c4ccc(-n5c6ccccc6c6ccccc65)cc4)ccc2n3-c2ccccc2)cc1. The Morgan fingerprint density at radius 1 is 0.250 bits per heavy atom. The van der Waals surface area contributed by atoms with Crippen LogP contribution >= 0.6 is 0 Å². The van der Waals surface area contributed by atoms with Crippen molar-refractivity contribution in [1.29, 1.82) is 0 Å². The fourth-order valence-corrected chi connectivity index (χ4v) is 6.87. The third kappa shape index (κ3) is 3.82. The zero-order valence-electron chi connectivity index (χ0n) is 24.1. The Balaban J connectivity index is 1.21. The number of para-hydroxylation sites is 3. The summed E-state index contributed by atoms with van der Waals surface area (Å²) in [5.74, 6) is 0. The van der Waals surface area contributed by atoms with Crippen molar-refractivity contribution in [3.8, 4) is 33.6 Å². The summed E-state index contributed by atoms with van der Waals surface area (Å²) in [6, 6.07) is 61.4. The highest BCUT2D eigenvalue weighted by Crippen LogP contribution is 2.38. The van der Waals surface area contributed by atoms with Gasteiger partial charge in [0.15, 0.2) is 0 Å². The highest BCUT2D eigenvalue weighted by molar-refractivity contribution is 6.12. The smallest absolute Gasteiger partial charge is 0.0541 e. The van der Waals surface area contributed by atoms with Crippen molar-refractivity contribution in [2.24, 2.45) is 0 Å². The predicted octanol–water partition coefficient (Wildman–Crippen LogP) is 11.2. The second-order valence-corrected chi connectivity index (χ2v) is 11.4. The van der Waals surface area contributed by atoms with Crippen LogP contribution in [0.25, 0.3) is 77.2 Å². The zero-order valence-corrected chi connectivity index (χ0v) is 24.1. The third-order valence-electron chi connectivity index (χ3n) is 8.93. The summed E-state index contributed by atoms with van der Waals surface area (Å²) >= 11 is 0. The summed E-state index contributed by atoms with van der Waals surface area (Å²) in [7, 11) is 0. The van der Waals surface area contributed by atoms with Gasteiger partial charge in [0, 0.05) is 32.9 Å². The molecule has 2 heterocycles. The van der Waals surface area contributed by atoms with E-state index in [1.807, 2.05) is 0 Å². The quantitative estimate of drug-likeness (QED) is 0.203. The fraction of sp³-hybridized carbons (Fsp3) is 0. The molecule has 44 heavy (non-hydrogen) atoms. The van der Waals surface area contributed by atoms with Gasteiger partial charge in [-0.1, -0.05) is 109 Å². The summed E-state index contributed by atoms with van der Waals surface area (Å²) in [6.07, 6.45) is 0. The second kappa shape index (κ2) is 9.86. The molecule has 2 aromatic heterocycles. The number of rotatable bonds is 4. The molecule has 9 aromatic rings. The molecule has 0 saturated heterocycles. The molecule has 2 nitrogen and oxygen atoms in total. The number of hydrogen-bond donors (Lipinski definition) is 0. The third-order valence-corrected chi connectivity index (χ3v) is 8.93. The average Bonchev–Trinajstić information content (AvgIpc) is 3.61. The first-order chi connectivity index (χ1) is 21.8. The van der Waals surface area contributed by atoms with E-state index in [0.717, 1.165) is 0 Å². The summed E-state index contributed by atoms with van der Waals surface area (Å²) < 4.78 is 4.75. The van der Waals surface area contributed by atoms with E-state index in [0.29, 0.717) is 0 Å². The van der Waals surface area contributed by atoms with Crippen LogP contribution in [0.4, 0.5) is 0 Å². The van der Waals surface area contributed by atoms with Gasteiger partial charge in [-0.3, -0.25) is 0 Å². The van der Waals surface area contributed by atoms with Gasteiger partial charge in [-0.2, -0.15) is 0 Å². The van der Waals surface area contributed by atoms with E-state index in [1.165, 1.54) is 77.2 Å². The Kier molecular flexibility index (Phi) is 5.54. The van der Waals surface area contributed by atoms with Crippen molar-refractivity contribution in [2.45, 2.75) is 0 Å². The van der Waals surface area contributed by atoms with Gasteiger partial charge in [0.2, 0.25) is 0 Å². The molecule has 0 bridgehead atoms. The lowest BCUT2D eigenvalue weighted by molar-refractivity contribution is 1.18. The normalized spacial score (nSPS) is 11.6. The molecular formula is C42H28N2. The molecule has 0 fully saturated rings. The predicted molar refractivity (Wildman–Crippen MR) is 186 cm³/mol. The molecule has 0 amide bonds. The maximum Gasteiger partial charge on any atom is 0.0541 e. The van der Waals surface area contributed by atoms with E-state index in [-0.39, 0.29) is 0 Å². The first-order valence-electron chi connectivity index (χ1n) is 15.1. The molecule has 0 atom stereocenters. The van der Waals surface area contributed by atoms with Gasteiger partial charge in [0.05, 0.1) is 22.1 Å². The Hall–Kier alpha value is -5.86. The lowest BCUT2D eigenvalue weighted by atomic mass is 10.00. The molecule has 0 aliphatic carbocycles. The molecule has 7 aromatic carbocycles. The van der Waals surface area contributed by atoms with E-state index in [2.05, 4.69) is 179 Å². The van der Waals surface area contributed by atoms with E-state index in [9.17, 15) is 0 Å². The number of fused-ring (bicyclic) bond motifs is 6. The molecule has 9 rings (SSSR count). The number of nitrogens with zero attached hydrogens (tertiary/aromatic N) is 2. The summed E-state index contributed by atoms with van der Waals surface area (Å²) in [6.45, 7) is 0. The minimum atomic E-state index is 1.17. The first kappa shape index (κ1) is 24.7. The largest absolute Gasteiger partial charge is 0.309 e. The fourth-order valence-electron chi connectivity index (χ4n) is 6.87. The Labute approximate surface area is 255 Å². The van der Waals surface area contributed by atoms with Gasteiger partial charge in [-0.05, 0) is 82.9 Å². The highest BCUT2D eigenvalue weighted by atomic mass is 15.0. The number of hydrogen-bond acceptors (Lipinski definition) is 0. The van der Waals surface area contributed by atoms with Crippen molar-refractivity contribution in [3.05, 3.63) is 170 Å². The minimum absolute atomic E-state index is 1.17. The van der Waals surface area contributed by atoms with Crippen molar-refractivity contribution in [2.75, 3.05) is 0 Å². The van der Waals surface area contributed by atoms with Crippen LogP contribution in [0.2, 0.25) is 0 Å². The van der Waals surface area contributed by atoms with Gasteiger partial charge in [0.25, 0.3) is 0 Å². The van der Waals surface area contributed by atoms with E-state index >= 15 is 0 Å². The molecular weight excluding hydrogens is 532 g/mol. The molecule has 0 saturated carbocycles. The van der Waals surface area contributed by atoms with E-state index in [4.69, 9.17) is 0 Å². The highest BCUT2D eigenvalue weighted by Gasteiger charge is 2.15. The molecule has 0 N–H and O–H groups in total. The maximum atomic E-state index is 2.38. The molecule has 0 unspecified atom stereocenters. The second-order valence-electron chi connectivity index (χ2n) is 11.4. The lowest BCUT2D eigenvalue weighted by Gasteiger charge is -2.10. The van der Waals surface area contributed by atoms with Crippen molar-refractivity contribution >= 4 is 43.6 Å². The van der Waals surface area contributed by atoms with Crippen LogP contribution in [0.5, 0.6) is 0 Å². The lowest BCUT2D eigenvalue weighted by Crippen LogP contribution is -1.94. The van der Waals surface area contributed by atoms with Crippen LogP contribution < -0.4 is 0 Å². The van der Waals surface area contributed by atoms with Gasteiger partial charge in [-0.25, -0.2) is 0 Å². The Morgan fingerprint density at radius 2 is 0.636 bits per heavy atom. The van der Waals surface area contributed by atoms with E-state index in [1.54, 1.807) is 0 Å². The summed E-state index contributed by atoms with van der Waals surface area (Å²) in [5.41, 5.74) is 12.1. The van der Waals surface area contributed by atoms with Gasteiger partial charge >= 0.3 is 0 Å². The van der Waals surface area contributed by atoms with Crippen LogP contribution in [0.1, 0.15) is 0 Å². The Morgan fingerprint density at radius 3 is 1.18 bits per heavy atom. The van der Waals surface area contributed by atoms with Crippen LogP contribution in [0, 0.1) is 0 Å². The van der Waals surface area contributed by atoms with E-state index < -0.39 is 0 Å². The van der Waals surface area contributed by atoms with Gasteiger partial charge in [-0.15, -0.1) is 0 Å². The number of benzene rings is 7. The van der Waals surface area contributed by atoms with Crippen LogP contribution in [0.3, 0.4) is 0 Å². The van der Waals surface area contributed by atoms with Crippen molar-refractivity contribution in [1.82, 2.24) is 9.13 Å². The standard InChI is InChI=1S/C42H28N2/c1-3-11-29(12-4-1)31-21-25-41-37(27-31)38-28-32(22-26-42(38)43(41)33-13-5-2-6-14-33)30-19-23-34(24-20-30)44-39-17-9-7-15-35(39)36-16-8-10-18-40(36)44/h1-28H. The van der Waals surface area contributed by atoms with Gasteiger partial charge < -0.3 is 9.13 Å². The molecule has 2 heteroatoms. The zero-order chi connectivity index (χ0) is 29.0. The molecule has 0 spiro atoms. The monoisotopic (exact) mass is 560 g/mol. The number of aromatic nitrogens is 2. The molecule has 0 radical (unpaired) electrons. The molecule has 206 valence electrons. The average molecular weight is 561 g/mol. The van der Waals surface area contributed by atoms with Gasteiger partial charge in [0.1, 0.15) is 0 Å². The van der Waals surface area contributed by atoms with Crippen LogP contribution in [-0.4, -0.2) is 9.13 Å². The maximum absolute atomic E-state index is 2.38. The molecule has 0 aliphatic heterocycles. The molecule has 0 aliphatic rings. The first-order valence-corrected chi connectivity index (χ1v) is 15.1. The topological polar surface area (TPSA) is 9.86 Å². The van der Waals surface area contributed by atoms with Crippen molar-refractivity contribution < 1.29 is 0 Å². The minimum Gasteiger partial charge on any atom is -0.309 e. The van der Waals surface area contributed by atoms with Crippen LogP contribution in [-0.2, 0) is 0 Å².